The highest BCUT2D eigenvalue weighted by Gasteiger charge is 2.30. The van der Waals surface area contributed by atoms with Crippen molar-refractivity contribution < 1.29 is 22.7 Å². The Morgan fingerprint density at radius 2 is 0.933 bits per heavy atom. The van der Waals surface area contributed by atoms with E-state index in [2.05, 4.69) is 90.9 Å². The summed E-state index contributed by atoms with van der Waals surface area (Å²) in [4.78, 5) is 70.4. The molecule has 2 unspecified atom stereocenters. The number of carbonyl (C=O) groups is 1. The van der Waals surface area contributed by atoms with E-state index in [1.54, 1.807) is 54.2 Å². The lowest BCUT2D eigenvalue weighted by atomic mass is 9.99. The van der Waals surface area contributed by atoms with Crippen molar-refractivity contribution in [3.05, 3.63) is 269 Å². The molecule has 12 aromatic heterocycles. The summed E-state index contributed by atoms with van der Waals surface area (Å²) in [7, 11) is -0.380. The predicted molar refractivity (Wildman–Crippen MR) is 477 cm³/mol. The number of aromatic amines is 1. The number of aromatic nitrogens is 18. The standard InChI is InChI=1S/C30H31N7O2SSi.C24H19N7O2S.C23H28N6O4S2Si.C8H7N/c1-31-25(20-10-7-6-8-11-20)29-34-28-27(40-29)23-17-32-36(30(38)26(23)35(28)2)18-21-12-9-13-24-22(21)16-33-37(24)19-39-14-15-41(3,4)5;1-30-19-16(11-27-31(24(19)33)12-14-8-5-9-17-15(14)10-26-29-17)20-22(30)28-23(34-20)18(21(25)32)13-6-3-2-4-7-13;1-27-19-17(20-21(27)26-23(34-20)35(2,31)32)12-24-28(22(19)30)13-15-7-6-8-18-16(15)11-25-29(18)14-33-9-10-36(3,4)5;9-7-6-8-4-2-1-3-5-8/h6-13,16-17,25H,14-15,18-19H2,2-5H3;2-11,18H,12H2,1H3,(H2,25,32)(H,26,29);6-8,11-12H,9-10,13-14H2,1-5H3;1-5H,6H2. The Kier molecular flexibility index (Phi) is 23.7. The van der Waals surface area contributed by atoms with Gasteiger partial charge < -0.3 is 33.8 Å². The van der Waals surface area contributed by atoms with E-state index in [0.29, 0.717) is 98.6 Å². The number of thiazole rings is 3. The molecule has 35 heteroatoms. The molecule has 0 fully saturated rings. The number of sulfone groups is 1. The molecule has 120 heavy (non-hydrogen) atoms. The summed E-state index contributed by atoms with van der Waals surface area (Å²) < 4.78 is 51.3. The number of nitrogens with zero attached hydrogens (tertiary/aromatic N) is 19. The van der Waals surface area contributed by atoms with Crippen molar-refractivity contribution in [1.29, 1.82) is 5.26 Å². The highest BCUT2D eigenvalue weighted by Crippen LogP contribution is 2.40. The van der Waals surface area contributed by atoms with E-state index in [1.807, 2.05) is 173 Å². The van der Waals surface area contributed by atoms with Crippen LogP contribution in [0.5, 0.6) is 0 Å². The van der Waals surface area contributed by atoms with Crippen LogP contribution in [0.3, 0.4) is 0 Å². The number of primary amides is 1. The molecule has 18 aromatic rings. The largest absolute Gasteiger partial charge is 0.369 e. The lowest BCUT2D eigenvalue weighted by Gasteiger charge is -2.15. The number of benzene rings is 6. The molecule has 0 aliphatic rings. The molecule has 1 amide bonds. The van der Waals surface area contributed by atoms with E-state index < -0.39 is 43.9 Å². The molecule has 0 bridgehead atoms. The minimum atomic E-state index is -3.44. The summed E-state index contributed by atoms with van der Waals surface area (Å²) in [6, 6.07) is 50.2. The average molecular weight is 1710 g/mol. The van der Waals surface area contributed by atoms with Gasteiger partial charge in [0.25, 0.3) is 22.7 Å². The Bertz CT molecular complexity index is 7290. The number of nitrogens with two attached hydrogens (primary N) is 1. The van der Waals surface area contributed by atoms with E-state index in [-0.39, 0.29) is 27.6 Å². The Balaban J connectivity index is 0.000000133. The van der Waals surface area contributed by atoms with Gasteiger partial charge in [0.2, 0.25) is 20.1 Å². The molecule has 0 aliphatic heterocycles. The normalized spacial score (nSPS) is 12.5. The van der Waals surface area contributed by atoms with Gasteiger partial charge in [0.1, 0.15) is 40.9 Å². The van der Waals surface area contributed by atoms with Crippen LogP contribution in [0.2, 0.25) is 51.4 Å². The highest BCUT2D eigenvalue weighted by molar-refractivity contribution is 7.92. The van der Waals surface area contributed by atoms with Crippen LogP contribution in [0.25, 0.3) is 101 Å². The summed E-state index contributed by atoms with van der Waals surface area (Å²) in [5.41, 5.74) is 16.8. The number of ether oxygens (including phenoxy) is 2. The first-order chi connectivity index (χ1) is 57.6. The zero-order valence-corrected chi connectivity index (χ0v) is 72.8. The molecule has 6 aromatic carbocycles. The van der Waals surface area contributed by atoms with Gasteiger partial charge in [-0.15, -0.1) is 34.0 Å². The number of amides is 1. The molecule has 0 saturated heterocycles. The summed E-state index contributed by atoms with van der Waals surface area (Å²) in [6.07, 6.45) is 12.1. The maximum absolute atomic E-state index is 13.7. The first-order valence-corrected chi connectivity index (χ1v) is 50.3. The van der Waals surface area contributed by atoms with Crippen molar-refractivity contribution in [2.75, 3.05) is 19.5 Å². The van der Waals surface area contributed by atoms with Crippen LogP contribution in [-0.4, -0.2) is 138 Å². The van der Waals surface area contributed by atoms with Gasteiger partial charge in [0.05, 0.1) is 100.0 Å². The lowest BCUT2D eigenvalue weighted by Crippen LogP contribution is -2.24. The second-order valence-corrected chi connectivity index (χ2v) is 48.0. The molecule has 0 aliphatic carbocycles. The topological polar surface area (TPSA) is 346 Å². The molecule has 0 saturated carbocycles. The van der Waals surface area contributed by atoms with E-state index in [1.165, 1.54) is 36.7 Å². The third kappa shape index (κ3) is 17.1. The van der Waals surface area contributed by atoms with Crippen molar-refractivity contribution in [2.45, 2.75) is 107 Å². The number of nitriles is 1. The Hall–Kier alpha value is -12.6. The van der Waals surface area contributed by atoms with Crippen molar-refractivity contribution >= 4 is 162 Å². The fourth-order valence-corrected chi connectivity index (χ4v) is 20.2. The van der Waals surface area contributed by atoms with Crippen molar-refractivity contribution in [3.8, 4) is 6.07 Å². The Morgan fingerprint density at radius 3 is 1.38 bits per heavy atom. The first-order valence-electron chi connectivity index (χ1n) is 38.5. The number of H-pyrrole nitrogens is 1. The van der Waals surface area contributed by atoms with Crippen LogP contribution in [0, 0.1) is 17.9 Å². The average Bonchev–Trinajstić information content (AvgIpc) is 1.59. The summed E-state index contributed by atoms with van der Waals surface area (Å²) in [5.74, 6) is -1.12. The van der Waals surface area contributed by atoms with Gasteiger partial charge in [-0.3, -0.25) is 24.3 Å². The zero-order chi connectivity index (χ0) is 84.5. The number of fused-ring (bicyclic) bond motifs is 12. The van der Waals surface area contributed by atoms with E-state index in [0.717, 1.165) is 117 Å². The number of rotatable bonds is 23. The van der Waals surface area contributed by atoms with E-state index >= 15 is 0 Å². The van der Waals surface area contributed by atoms with Crippen LogP contribution >= 0.6 is 34.0 Å². The van der Waals surface area contributed by atoms with Gasteiger partial charge in [-0.1, -0.05) is 167 Å². The summed E-state index contributed by atoms with van der Waals surface area (Å²) in [5, 5.41) is 44.0. The van der Waals surface area contributed by atoms with Crippen molar-refractivity contribution in [2.24, 2.45) is 26.9 Å². The monoisotopic (exact) mass is 1710 g/mol. The maximum Gasteiger partial charge on any atom is 0.299 e. The van der Waals surface area contributed by atoms with Gasteiger partial charge >= 0.3 is 0 Å². The number of carbonyl (C=O) groups excluding carboxylic acids is 1. The van der Waals surface area contributed by atoms with Crippen LogP contribution in [-0.2, 0) is 84.8 Å². The first kappa shape index (κ1) is 82.5. The number of aryl methyl sites for hydroxylation is 3. The van der Waals surface area contributed by atoms with Crippen molar-refractivity contribution in [1.82, 2.24) is 87.8 Å². The van der Waals surface area contributed by atoms with Gasteiger partial charge in [-0.05, 0) is 58.1 Å². The summed E-state index contributed by atoms with van der Waals surface area (Å²) >= 11 is 3.88. The Labute approximate surface area is 701 Å². The fraction of sp³-hybridized carbons (Fsp3) is 0.259. The third-order valence-electron chi connectivity index (χ3n) is 20.7. The molecular weight excluding hydrogens is 1630 g/mol. The van der Waals surface area contributed by atoms with Gasteiger partial charge in [0.15, 0.2) is 21.9 Å². The van der Waals surface area contributed by atoms with Crippen LogP contribution in [0.1, 0.15) is 55.4 Å². The number of hydrogen-bond donors (Lipinski definition) is 2. The van der Waals surface area contributed by atoms with Crippen molar-refractivity contribution in [3.63, 3.8) is 0 Å². The minimum absolute atomic E-state index is 0.0299. The molecule has 0 radical (unpaired) electrons. The number of nitrogens with one attached hydrogen (secondary N) is 1. The SMILES string of the molecule is Cn1c2nc(C(C(N)=O)c3ccccc3)sc2c2cnn(Cc3cccc4[nH]ncc34)c(=O)c21.Cn1c2nc(S(C)(=O)=O)sc2c2cnn(Cc3cccc4c3cnn4COCC[Si](C)(C)C)c(=O)c21.N#CCc1ccccc1.[C-]#[N+]C(c1ccccc1)c1nc2c(s1)c1cnn(Cc3cccc4c3cnn4COCC[Si](C)(C)C)c(=O)c1n2C. The van der Waals surface area contributed by atoms with E-state index in [4.69, 9.17) is 37.0 Å². The predicted octanol–water partition coefficient (Wildman–Crippen LogP) is 14.2. The summed E-state index contributed by atoms with van der Waals surface area (Å²) in [6.45, 7) is 24.9. The maximum atomic E-state index is 13.7. The Morgan fingerprint density at radius 1 is 0.525 bits per heavy atom. The molecule has 0 spiro atoms. The van der Waals surface area contributed by atoms with Gasteiger partial charge in [-0.25, -0.2) is 53.4 Å². The molecule has 18 rings (SSSR count). The quantitative estimate of drug-likeness (QED) is 0.0341. The molecule has 12 heterocycles. The minimum Gasteiger partial charge on any atom is -0.369 e. The van der Waals surface area contributed by atoms with E-state index in [9.17, 15) is 27.6 Å². The molecule has 3 N–H and O–H groups in total. The zero-order valence-electron chi connectivity index (χ0n) is 67.5. The lowest BCUT2D eigenvalue weighted by molar-refractivity contribution is -0.118. The highest BCUT2D eigenvalue weighted by atomic mass is 32.2. The second kappa shape index (κ2) is 34.4. The second-order valence-electron chi connectivity index (χ2n) is 31.5. The number of hydrogen-bond acceptors (Lipinski definition) is 21. The van der Waals surface area contributed by atoms with Gasteiger partial charge in [-0.2, -0.15) is 35.9 Å². The fourth-order valence-electron chi connectivity index (χ4n) is 14.3. The smallest absolute Gasteiger partial charge is 0.299 e. The van der Waals surface area contributed by atoms with Crippen LogP contribution in [0.15, 0.2) is 201 Å². The molecular formula is C85H85N21O8S4Si2. The van der Waals surface area contributed by atoms with Crippen LogP contribution in [0.4, 0.5) is 0 Å². The molecule has 2 atom stereocenters. The molecule has 29 nitrogen and oxygen atoms in total. The third-order valence-corrected chi connectivity index (χ3v) is 29.1. The molecule has 610 valence electrons. The van der Waals surface area contributed by atoms with Crippen LogP contribution < -0.4 is 22.4 Å². The van der Waals surface area contributed by atoms with Gasteiger partial charge in [0, 0.05) is 94.6 Å².